The summed E-state index contributed by atoms with van der Waals surface area (Å²) in [5, 5.41) is 2.56. The predicted octanol–water partition coefficient (Wildman–Crippen LogP) is 13.0. The van der Waals surface area contributed by atoms with Gasteiger partial charge < -0.3 is 4.57 Å². The van der Waals surface area contributed by atoms with Gasteiger partial charge in [-0.3, -0.25) is 0 Å². The second-order valence-corrected chi connectivity index (χ2v) is 16.4. The predicted molar refractivity (Wildman–Crippen MR) is 240 cm³/mol. The third-order valence-electron chi connectivity index (χ3n) is 12.9. The van der Waals surface area contributed by atoms with Crippen LogP contribution in [0.2, 0.25) is 0 Å². The Hall–Kier alpha value is -7.43. The molecule has 59 heavy (non-hydrogen) atoms. The summed E-state index contributed by atoms with van der Waals surface area (Å²) in [6.45, 7) is 4.78. The van der Waals surface area contributed by atoms with E-state index in [9.17, 15) is 0 Å². The fraction of sp³-hybridized carbons (Fsp3) is 0.0727. The number of para-hydroxylation sites is 3. The fourth-order valence-corrected chi connectivity index (χ4v) is 10.3. The first-order valence-corrected chi connectivity index (χ1v) is 20.4. The maximum atomic E-state index is 5.00. The van der Waals surface area contributed by atoms with Crippen LogP contribution in [-0.4, -0.2) is 19.5 Å². The monoisotopic (exact) mass is 754 g/mol. The van der Waals surface area contributed by atoms with Crippen molar-refractivity contribution in [2.24, 2.45) is 0 Å². The molecule has 3 heterocycles. The van der Waals surface area contributed by atoms with Crippen LogP contribution in [0.3, 0.4) is 0 Å². The third kappa shape index (κ3) is 4.74. The van der Waals surface area contributed by atoms with Gasteiger partial charge in [-0.15, -0.1) is 0 Å². The molecule has 0 bridgehead atoms. The average Bonchev–Trinajstić information content (AvgIpc) is 3.65. The summed E-state index contributed by atoms with van der Waals surface area (Å²) in [5.41, 5.74) is 16.1. The van der Waals surface area contributed by atoms with Crippen molar-refractivity contribution in [3.63, 3.8) is 0 Å². The molecule has 4 nitrogen and oxygen atoms in total. The van der Waals surface area contributed by atoms with E-state index in [2.05, 4.69) is 152 Å². The first-order chi connectivity index (χ1) is 29.0. The SMILES string of the molecule is CC1(C)c2ccccc2C2(c3ccccc3-n3c4ccccc4c4cccc2c43)c2cc(-c3ccc(-c4nc(-c5ccccc5)nc(-c5ccccc5)n4)cc3)ccc21. The lowest BCUT2D eigenvalue weighted by atomic mass is 9.53. The van der Waals surface area contributed by atoms with E-state index in [4.69, 9.17) is 15.0 Å². The molecule has 0 saturated carbocycles. The van der Waals surface area contributed by atoms with Crippen LogP contribution in [0, 0.1) is 0 Å². The number of fused-ring (bicyclic) bond motifs is 11. The Bertz CT molecular complexity index is 3230. The molecule has 0 saturated heterocycles. The summed E-state index contributed by atoms with van der Waals surface area (Å²) in [6.07, 6.45) is 0. The average molecular weight is 755 g/mol. The van der Waals surface area contributed by atoms with E-state index in [0.29, 0.717) is 17.5 Å². The standard InChI is InChI=1S/C55H38N4/c1-54(2)42-22-10-11-23-44(42)55(45-24-12-14-27-49(45)59-48-26-13-9-20-40(48)41-21-15-25-46(55)50(41)59)47-34-39(32-33-43(47)54)35-28-30-38(31-29-35)53-57-51(36-16-5-3-6-17-36)56-52(58-53)37-18-7-4-8-19-37/h3-34H,1-2H3. The molecule has 2 aromatic heterocycles. The molecular formula is C55H38N4. The minimum absolute atomic E-state index is 0.224. The molecule has 0 N–H and O–H groups in total. The molecule has 10 aromatic rings. The van der Waals surface area contributed by atoms with Gasteiger partial charge >= 0.3 is 0 Å². The van der Waals surface area contributed by atoms with Gasteiger partial charge in [0.15, 0.2) is 17.5 Å². The van der Waals surface area contributed by atoms with Crippen LogP contribution in [0.1, 0.15) is 47.2 Å². The van der Waals surface area contributed by atoms with E-state index in [0.717, 1.165) is 22.3 Å². The highest BCUT2D eigenvalue weighted by atomic mass is 15.0. The zero-order valence-electron chi connectivity index (χ0n) is 32.8. The van der Waals surface area contributed by atoms with Gasteiger partial charge in [-0.2, -0.15) is 0 Å². The second-order valence-electron chi connectivity index (χ2n) is 16.4. The summed E-state index contributed by atoms with van der Waals surface area (Å²) < 4.78 is 2.51. The van der Waals surface area contributed by atoms with E-state index in [1.807, 2.05) is 60.7 Å². The van der Waals surface area contributed by atoms with Crippen molar-refractivity contribution in [1.82, 2.24) is 19.5 Å². The van der Waals surface area contributed by atoms with E-state index in [1.165, 1.54) is 66.4 Å². The summed E-state index contributed by atoms with van der Waals surface area (Å²) in [7, 11) is 0. The summed E-state index contributed by atoms with van der Waals surface area (Å²) in [6, 6.07) is 70.3. The van der Waals surface area contributed by atoms with Crippen molar-refractivity contribution in [2.45, 2.75) is 24.7 Å². The van der Waals surface area contributed by atoms with Crippen molar-refractivity contribution in [3.8, 4) is 51.0 Å². The highest BCUT2D eigenvalue weighted by Crippen LogP contribution is 2.60. The maximum Gasteiger partial charge on any atom is 0.164 e. The van der Waals surface area contributed by atoms with Gasteiger partial charge in [-0.05, 0) is 62.7 Å². The molecule has 1 aliphatic heterocycles. The number of hydrogen-bond acceptors (Lipinski definition) is 3. The minimum Gasteiger partial charge on any atom is -0.309 e. The fourth-order valence-electron chi connectivity index (χ4n) is 10.3. The summed E-state index contributed by atoms with van der Waals surface area (Å²) in [5.74, 6) is 1.96. The molecule has 0 radical (unpaired) electrons. The van der Waals surface area contributed by atoms with Crippen LogP contribution in [0.25, 0.3) is 72.8 Å². The molecule has 8 aromatic carbocycles. The Morgan fingerprint density at radius 1 is 0.356 bits per heavy atom. The quantitative estimate of drug-likeness (QED) is 0.180. The lowest BCUT2D eigenvalue weighted by Gasteiger charge is -2.50. The van der Waals surface area contributed by atoms with E-state index in [-0.39, 0.29) is 5.41 Å². The summed E-state index contributed by atoms with van der Waals surface area (Å²) in [4.78, 5) is 14.9. The Morgan fingerprint density at radius 2 is 0.847 bits per heavy atom. The van der Waals surface area contributed by atoms with Crippen LogP contribution < -0.4 is 0 Å². The highest BCUT2D eigenvalue weighted by molar-refractivity contribution is 6.12. The first kappa shape index (κ1) is 33.7. The van der Waals surface area contributed by atoms with Gasteiger partial charge in [0, 0.05) is 32.9 Å². The van der Waals surface area contributed by atoms with Gasteiger partial charge in [0.05, 0.1) is 22.1 Å². The molecule has 0 fully saturated rings. The van der Waals surface area contributed by atoms with Crippen molar-refractivity contribution < 1.29 is 0 Å². The van der Waals surface area contributed by atoms with Gasteiger partial charge in [0.1, 0.15) is 0 Å². The lowest BCUT2D eigenvalue weighted by Crippen LogP contribution is -2.44. The smallest absolute Gasteiger partial charge is 0.164 e. The topological polar surface area (TPSA) is 43.6 Å². The first-order valence-electron chi connectivity index (χ1n) is 20.4. The number of nitrogens with zero attached hydrogens (tertiary/aromatic N) is 4. The van der Waals surface area contributed by atoms with E-state index >= 15 is 0 Å². The number of rotatable bonds is 4. The molecule has 12 rings (SSSR count). The van der Waals surface area contributed by atoms with Crippen molar-refractivity contribution in [1.29, 1.82) is 0 Å². The maximum absolute atomic E-state index is 5.00. The molecule has 4 heteroatoms. The van der Waals surface area contributed by atoms with Crippen molar-refractivity contribution in [2.75, 3.05) is 0 Å². The van der Waals surface area contributed by atoms with Crippen molar-refractivity contribution in [3.05, 3.63) is 228 Å². The highest BCUT2D eigenvalue weighted by Gasteiger charge is 2.52. The largest absolute Gasteiger partial charge is 0.309 e. The zero-order valence-corrected chi connectivity index (χ0v) is 32.8. The number of hydrogen-bond donors (Lipinski definition) is 0. The third-order valence-corrected chi connectivity index (χ3v) is 12.9. The molecular weight excluding hydrogens is 717 g/mol. The van der Waals surface area contributed by atoms with Crippen LogP contribution in [0.4, 0.5) is 0 Å². The van der Waals surface area contributed by atoms with Gasteiger partial charge in [-0.25, -0.2) is 15.0 Å². The van der Waals surface area contributed by atoms with Crippen LogP contribution in [-0.2, 0) is 10.8 Å². The molecule has 1 unspecified atom stereocenters. The summed E-state index contributed by atoms with van der Waals surface area (Å²) >= 11 is 0. The molecule has 278 valence electrons. The number of aromatic nitrogens is 4. The van der Waals surface area contributed by atoms with Gasteiger partial charge in [0.25, 0.3) is 0 Å². The Labute approximate surface area is 343 Å². The normalized spacial score (nSPS) is 15.8. The van der Waals surface area contributed by atoms with Crippen LogP contribution in [0.5, 0.6) is 0 Å². The lowest BCUT2D eigenvalue weighted by molar-refractivity contribution is 0.556. The second kappa shape index (κ2) is 12.5. The Kier molecular flexibility index (Phi) is 7.16. The molecule has 1 atom stereocenters. The Balaban J connectivity index is 1.07. The van der Waals surface area contributed by atoms with Gasteiger partial charge in [0.2, 0.25) is 0 Å². The Morgan fingerprint density at radius 3 is 1.54 bits per heavy atom. The minimum atomic E-state index is -0.551. The molecule has 1 aliphatic carbocycles. The van der Waals surface area contributed by atoms with Crippen LogP contribution >= 0.6 is 0 Å². The van der Waals surface area contributed by atoms with Gasteiger partial charge in [-0.1, -0.05) is 190 Å². The van der Waals surface area contributed by atoms with Crippen molar-refractivity contribution >= 4 is 21.8 Å². The molecule has 2 aliphatic rings. The number of benzene rings is 8. The molecule has 0 amide bonds. The van der Waals surface area contributed by atoms with Crippen LogP contribution in [0.15, 0.2) is 194 Å². The van der Waals surface area contributed by atoms with E-state index < -0.39 is 5.41 Å². The molecule has 1 spiro atoms. The van der Waals surface area contributed by atoms with E-state index in [1.54, 1.807) is 0 Å². The zero-order chi connectivity index (χ0) is 39.3.